The van der Waals surface area contributed by atoms with E-state index in [2.05, 4.69) is 154 Å². The van der Waals surface area contributed by atoms with Crippen molar-refractivity contribution in [3.05, 3.63) is 119 Å². The molecule has 1 N–H and O–H groups in total. The second-order valence-corrected chi connectivity index (χ2v) is 14.4. The molecular formula is C40H56O2. The molecule has 1 aliphatic heterocycles. The fourth-order valence-electron chi connectivity index (χ4n) is 6.89. The van der Waals surface area contributed by atoms with E-state index in [0.29, 0.717) is 6.42 Å². The molecule has 0 amide bonds. The van der Waals surface area contributed by atoms with Gasteiger partial charge in [-0.05, 0) is 84.3 Å². The van der Waals surface area contributed by atoms with E-state index in [-0.39, 0.29) is 28.1 Å². The maximum Gasteiger partial charge on any atom is 0.121 e. The fourth-order valence-corrected chi connectivity index (χ4v) is 6.89. The Morgan fingerprint density at radius 3 is 1.81 bits per heavy atom. The summed E-state index contributed by atoms with van der Waals surface area (Å²) in [5.41, 5.74) is 7.55. The zero-order valence-electron chi connectivity index (χ0n) is 28.1. The first-order chi connectivity index (χ1) is 19.6. The third kappa shape index (κ3) is 8.45. The Labute approximate surface area is 257 Å². The molecule has 1 heterocycles. The van der Waals surface area contributed by atoms with Gasteiger partial charge in [0.2, 0.25) is 0 Å². The predicted octanol–water partition coefficient (Wildman–Crippen LogP) is 10.8. The molecule has 0 aromatic heterocycles. The zero-order valence-corrected chi connectivity index (χ0v) is 28.1. The highest BCUT2D eigenvalue weighted by molar-refractivity contribution is 5.38. The van der Waals surface area contributed by atoms with Crippen LogP contribution in [0.4, 0.5) is 0 Å². The van der Waals surface area contributed by atoms with E-state index in [1.54, 1.807) is 0 Å². The van der Waals surface area contributed by atoms with Crippen LogP contribution < -0.4 is 0 Å². The van der Waals surface area contributed by atoms with Crippen molar-refractivity contribution in [2.75, 3.05) is 0 Å². The lowest BCUT2D eigenvalue weighted by atomic mass is 9.63. The Balaban J connectivity index is 1.49. The lowest BCUT2D eigenvalue weighted by molar-refractivity contribution is 0.0515. The molecule has 0 aromatic carbocycles. The standard InChI is InChI=1S/C40H56O2/c1-30(18-13-20-32(3)23-24-36-34(5)22-15-26-37(36,6)7)16-11-12-17-31(2)19-14-21-33(4)25-27-40-38(8,9)28-35(41)29-39(40,10)42-40/h11-14,16-21,23-25,27,35,41H,15,22,26,28-29H2,1-10H3/b12-11+,18-13+,19-14+,24-23+,27-25+,30-16+,31-17+,32-20+,33-21+/t35-,39+,40-/m0/s1. The third-order valence-corrected chi connectivity index (χ3v) is 9.41. The molecule has 0 unspecified atom stereocenters. The molecule has 0 bridgehead atoms. The number of aliphatic hydroxyl groups is 1. The molecule has 228 valence electrons. The van der Waals surface area contributed by atoms with Crippen LogP contribution in [0.15, 0.2) is 119 Å². The van der Waals surface area contributed by atoms with Gasteiger partial charge >= 0.3 is 0 Å². The summed E-state index contributed by atoms with van der Waals surface area (Å²) in [5, 5.41) is 10.2. The largest absolute Gasteiger partial charge is 0.393 e. The van der Waals surface area contributed by atoms with Crippen LogP contribution in [-0.2, 0) is 4.74 Å². The molecule has 3 rings (SSSR count). The summed E-state index contributed by atoms with van der Waals surface area (Å²) in [5.74, 6) is 0. The summed E-state index contributed by atoms with van der Waals surface area (Å²) in [6.45, 7) is 22.1. The summed E-state index contributed by atoms with van der Waals surface area (Å²) < 4.78 is 6.25. The quantitative estimate of drug-likeness (QED) is 0.210. The van der Waals surface area contributed by atoms with Crippen LogP contribution in [0.2, 0.25) is 0 Å². The van der Waals surface area contributed by atoms with Gasteiger partial charge in [0.15, 0.2) is 0 Å². The van der Waals surface area contributed by atoms with Crippen LogP contribution in [0, 0.1) is 10.8 Å². The number of hydrogen-bond acceptors (Lipinski definition) is 2. The minimum Gasteiger partial charge on any atom is -0.393 e. The summed E-state index contributed by atoms with van der Waals surface area (Å²) >= 11 is 0. The van der Waals surface area contributed by atoms with Gasteiger partial charge in [-0.2, -0.15) is 0 Å². The molecule has 2 nitrogen and oxygen atoms in total. The van der Waals surface area contributed by atoms with Gasteiger partial charge in [-0.3, -0.25) is 0 Å². The average Bonchev–Trinajstić information content (AvgIpc) is 3.50. The van der Waals surface area contributed by atoms with E-state index in [0.717, 1.165) is 6.42 Å². The van der Waals surface area contributed by atoms with Crippen molar-refractivity contribution in [3.8, 4) is 0 Å². The topological polar surface area (TPSA) is 32.8 Å². The van der Waals surface area contributed by atoms with Gasteiger partial charge in [0, 0.05) is 11.8 Å². The van der Waals surface area contributed by atoms with Crippen molar-refractivity contribution in [2.24, 2.45) is 10.8 Å². The highest BCUT2D eigenvalue weighted by Crippen LogP contribution is 2.66. The molecule has 0 aromatic rings. The molecule has 2 fully saturated rings. The molecule has 3 aliphatic rings. The van der Waals surface area contributed by atoms with Gasteiger partial charge in [0.1, 0.15) is 11.2 Å². The molecule has 0 radical (unpaired) electrons. The monoisotopic (exact) mass is 568 g/mol. The van der Waals surface area contributed by atoms with Crippen molar-refractivity contribution < 1.29 is 9.84 Å². The van der Waals surface area contributed by atoms with E-state index in [1.165, 1.54) is 52.7 Å². The maximum atomic E-state index is 10.2. The Kier molecular flexibility index (Phi) is 11.1. The van der Waals surface area contributed by atoms with Gasteiger partial charge < -0.3 is 9.84 Å². The SMILES string of the molecule is CC1=C(/C=C/C(C)=C/C=C/C(C)=C/C=C/C=C(C)/C=C/C=C(C)/C=C/[C@@]23O[C@]2(C)C[C@@H](O)CC3(C)C)C(C)(C)CCC1. The van der Waals surface area contributed by atoms with Crippen molar-refractivity contribution in [3.63, 3.8) is 0 Å². The summed E-state index contributed by atoms with van der Waals surface area (Å²) in [6.07, 6.45) is 35.2. The average molecular weight is 569 g/mol. The first kappa shape index (κ1) is 33.8. The van der Waals surface area contributed by atoms with Gasteiger partial charge in [0.25, 0.3) is 0 Å². The molecule has 1 saturated carbocycles. The van der Waals surface area contributed by atoms with E-state index < -0.39 is 0 Å². The number of aliphatic hydroxyl groups excluding tert-OH is 1. The third-order valence-electron chi connectivity index (χ3n) is 9.41. The summed E-state index contributed by atoms with van der Waals surface area (Å²) in [6, 6.07) is 0. The van der Waals surface area contributed by atoms with Crippen LogP contribution in [-0.4, -0.2) is 22.4 Å². The molecule has 42 heavy (non-hydrogen) atoms. The highest BCUT2D eigenvalue weighted by Gasteiger charge is 2.74. The first-order valence-corrected chi connectivity index (χ1v) is 15.8. The number of rotatable bonds is 10. The number of epoxide rings is 1. The van der Waals surface area contributed by atoms with Gasteiger partial charge in [0.05, 0.1) is 6.10 Å². The van der Waals surface area contributed by atoms with Crippen LogP contribution in [0.5, 0.6) is 0 Å². The molecule has 3 atom stereocenters. The van der Waals surface area contributed by atoms with Crippen molar-refractivity contribution in [2.45, 2.75) is 119 Å². The molecule has 0 spiro atoms. The molecular weight excluding hydrogens is 512 g/mol. The van der Waals surface area contributed by atoms with E-state index in [1.807, 2.05) is 0 Å². The molecule has 2 heteroatoms. The number of allylic oxidation sites excluding steroid dienone is 19. The first-order valence-electron chi connectivity index (χ1n) is 15.8. The summed E-state index contributed by atoms with van der Waals surface area (Å²) in [4.78, 5) is 0. The minimum atomic E-state index is -0.283. The second kappa shape index (κ2) is 13.7. The van der Waals surface area contributed by atoms with Crippen molar-refractivity contribution in [1.82, 2.24) is 0 Å². The van der Waals surface area contributed by atoms with Crippen LogP contribution in [0.3, 0.4) is 0 Å². The number of fused-ring (bicyclic) bond motifs is 1. The maximum absolute atomic E-state index is 10.2. The predicted molar refractivity (Wildman–Crippen MR) is 182 cm³/mol. The molecule has 2 aliphatic carbocycles. The lowest BCUT2D eigenvalue weighted by Crippen LogP contribution is -2.46. The summed E-state index contributed by atoms with van der Waals surface area (Å²) in [7, 11) is 0. The van der Waals surface area contributed by atoms with Crippen LogP contribution in [0.25, 0.3) is 0 Å². The van der Waals surface area contributed by atoms with Crippen LogP contribution >= 0.6 is 0 Å². The van der Waals surface area contributed by atoms with Crippen molar-refractivity contribution in [1.29, 1.82) is 0 Å². The lowest BCUT2D eigenvalue weighted by Gasteiger charge is -2.39. The number of ether oxygens (including phenoxy) is 1. The fraction of sp³-hybridized carbons (Fsp3) is 0.500. The van der Waals surface area contributed by atoms with Gasteiger partial charge in [-0.1, -0.05) is 135 Å². The van der Waals surface area contributed by atoms with E-state index >= 15 is 0 Å². The zero-order chi connectivity index (χ0) is 31.2. The van der Waals surface area contributed by atoms with Crippen LogP contribution in [0.1, 0.15) is 101 Å². The molecule has 1 saturated heterocycles. The minimum absolute atomic E-state index is 0.0868. The van der Waals surface area contributed by atoms with Gasteiger partial charge in [-0.15, -0.1) is 0 Å². The van der Waals surface area contributed by atoms with Crippen molar-refractivity contribution >= 4 is 0 Å². The normalized spacial score (nSPS) is 31.0. The second-order valence-electron chi connectivity index (χ2n) is 14.4. The van der Waals surface area contributed by atoms with Gasteiger partial charge in [-0.25, -0.2) is 0 Å². The Morgan fingerprint density at radius 1 is 0.738 bits per heavy atom. The Hall–Kier alpha value is -2.68. The van der Waals surface area contributed by atoms with E-state index in [4.69, 9.17) is 4.74 Å². The van der Waals surface area contributed by atoms with E-state index in [9.17, 15) is 5.11 Å². The Morgan fingerprint density at radius 2 is 1.26 bits per heavy atom. The smallest absolute Gasteiger partial charge is 0.121 e. The number of hydrogen-bond donors (Lipinski definition) is 1. The highest BCUT2D eigenvalue weighted by atomic mass is 16.6. The Bertz CT molecular complexity index is 1300.